The fourth-order valence-corrected chi connectivity index (χ4v) is 7.36. The van der Waals surface area contributed by atoms with E-state index >= 15 is 0 Å². The van der Waals surface area contributed by atoms with E-state index in [9.17, 15) is 27.6 Å². The molecule has 1 aliphatic carbocycles. The van der Waals surface area contributed by atoms with Crippen LogP contribution in [0.3, 0.4) is 0 Å². The van der Waals surface area contributed by atoms with E-state index in [2.05, 4.69) is 10.3 Å². The van der Waals surface area contributed by atoms with Gasteiger partial charge in [-0.1, -0.05) is 94.7 Å². The van der Waals surface area contributed by atoms with Crippen LogP contribution in [0.15, 0.2) is 42.5 Å². The maximum absolute atomic E-state index is 14.5. The Kier molecular flexibility index (Phi) is 11.9. The number of ketones is 2. The number of amides is 1. The van der Waals surface area contributed by atoms with Crippen LogP contribution in [-0.2, 0) is 39.8 Å². The molecular weight excluding hydrogens is 635 g/mol. The van der Waals surface area contributed by atoms with Crippen molar-refractivity contribution in [2.75, 3.05) is 0 Å². The second kappa shape index (κ2) is 15.3. The van der Waals surface area contributed by atoms with Crippen LogP contribution in [0.4, 0.5) is 13.2 Å². The van der Waals surface area contributed by atoms with Crippen molar-refractivity contribution in [3.8, 4) is 0 Å². The van der Waals surface area contributed by atoms with Crippen LogP contribution >= 0.6 is 12.2 Å². The molecule has 2 aromatic carbocycles. The molecule has 1 aliphatic rings. The van der Waals surface area contributed by atoms with Crippen LogP contribution in [-0.4, -0.2) is 33.0 Å². The van der Waals surface area contributed by atoms with Gasteiger partial charge in [-0.25, -0.2) is 0 Å². The summed E-state index contributed by atoms with van der Waals surface area (Å²) < 4.78 is 41.9. The summed E-state index contributed by atoms with van der Waals surface area (Å²) in [7, 11) is 0. The Hall–Kier alpha value is -3.53. The third-order valence-corrected chi connectivity index (χ3v) is 10.8. The zero-order valence-corrected chi connectivity index (χ0v) is 29.4. The van der Waals surface area contributed by atoms with Gasteiger partial charge in [-0.05, 0) is 55.2 Å². The number of nitrogens with one attached hydrogen (secondary N) is 2. The number of fused-ring (bicyclic) bond motifs is 3. The van der Waals surface area contributed by atoms with Crippen LogP contribution in [0.25, 0.3) is 10.9 Å². The Morgan fingerprint density at radius 3 is 2.31 bits per heavy atom. The monoisotopic (exact) mass is 683 g/mol. The second-order valence-corrected chi connectivity index (χ2v) is 14.3. The number of nitrogens with two attached hydrogens (primary N) is 1. The van der Waals surface area contributed by atoms with Crippen LogP contribution in [0, 0.1) is 30.6 Å². The number of para-hydroxylation sites is 1. The number of aromatic amines is 1. The first-order valence-corrected chi connectivity index (χ1v) is 17.4. The van der Waals surface area contributed by atoms with Gasteiger partial charge in [0, 0.05) is 48.6 Å². The average molecular weight is 684 g/mol. The number of H-pyrrole nitrogens is 1. The summed E-state index contributed by atoms with van der Waals surface area (Å²) in [5, 5.41) is 3.49. The summed E-state index contributed by atoms with van der Waals surface area (Å²) in [5.41, 5.74) is 7.27. The van der Waals surface area contributed by atoms with Gasteiger partial charge >= 0.3 is 6.18 Å². The van der Waals surface area contributed by atoms with Crippen LogP contribution in [0.1, 0.15) is 94.2 Å². The molecule has 1 amide bonds. The molecule has 0 spiro atoms. The van der Waals surface area contributed by atoms with Crippen LogP contribution in [0.2, 0.25) is 0 Å². The quantitative estimate of drug-likeness (QED) is 0.141. The summed E-state index contributed by atoms with van der Waals surface area (Å²) >= 11 is 5.36. The Labute approximate surface area is 286 Å². The molecule has 1 aromatic heterocycles. The molecule has 260 valence electrons. The number of carbonyl (C=O) groups excluding carboxylic acids is 3. The fraction of sp³-hybridized carbons (Fsp3) is 0.526. The molecule has 0 bridgehead atoms. The summed E-state index contributed by atoms with van der Waals surface area (Å²) in [6, 6.07) is 12.0. The third kappa shape index (κ3) is 8.36. The molecule has 1 heterocycles. The van der Waals surface area contributed by atoms with Gasteiger partial charge in [0.15, 0.2) is 5.78 Å². The largest absolute Gasteiger partial charge is 0.418 e. The molecule has 0 aliphatic heterocycles. The highest BCUT2D eigenvalue weighted by Gasteiger charge is 2.46. The number of benzene rings is 2. The smallest absolute Gasteiger partial charge is 0.393 e. The van der Waals surface area contributed by atoms with Crippen LogP contribution < -0.4 is 11.1 Å². The van der Waals surface area contributed by atoms with Gasteiger partial charge in [-0.3, -0.25) is 14.4 Å². The lowest BCUT2D eigenvalue weighted by Gasteiger charge is -2.39. The minimum absolute atomic E-state index is 0.000465. The van der Waals surface area contributed by atoms with Crippen molar-refractivity contribution in [3.63, 3.8) is 0 Å². The minimum atomic E-state index is -4.57. The van der Waals surface area contributed by atoms with E-state index in [1.807, 2.05) is 58.9 Å². The number of hydrogen-bond acceptors (Lipinski definition) is 4. The molecule has 4 rings (SSSR count). The van der Waals surface area contributed by atoms with Gasteiger partial charge in [-0.15, -0.1) is 0 Å². The van der Waals surface area contributed by atoms with Gasteiger partial charge in [0.25, 0.3) is 0 Å². The first-order chi connectivity index (χ1) is 22.6. The molecule has 4 N–H and O–H groups in total. The van der Waals surface area contributed by atoms with E-state index in [1.165, 1.54) is 6.07 Å². The Morgan fingerprint density at radius 1 is 1.02 bits per heavy atom. The number of alkyl halides is 3. The molecule has 6 nitrogen and oxygen atoms in total. The van der Waals surface area contributed by atoms with Gasteiger partial charge in [0.05, 0.1) is 16.1 Å². The summed E-state index contributed by atoms with van der Waals surface area (Å²) in [5.74, 6) is -1.89. The van der Waals surface area contributed by atoms with Crippen molar-refractivity contribution in [1.82, 2.24) is 10.3 Å². The zero-order valence-electron chi connectivity index (χ0n) is 28.6. The van der Waals surface area contributed by atoms with Crippen molar-refractivity contribution in [2.24, 2.45) is 29.4 Å². The zero-order chi connectivity index (χ0) is 35.4. The number of rotatable bonds is 15. The molecule has 0 radical (unpaired) electrons. The highest BCUT2D eigenvalue weighted by molar-refractivity contribution is 7.80. The Balaban J connectivity index is 1.68. The number of carbonyl (C=O) groups is 3. The second-order valence-electron chi connectivity index (χ2n) is 13.8. The van der Waals surface area contributed by atoms with Gasteiger partial charge in [0.1, 0.15) is 11.3 Å². The lowest BCUT2D eigenvalue weighted by molar-refractivity contribution is -0.137. The average Bonchev–Trinajstić information content (AvgIpc) is 3.41. The third-order valence-electron chi connectivity index (χ3n) is 10.5. The van der Waals surface area contributed by atoms with Crippen molar-refractivity contribution < 1.29 is 27.6 Å². The lowest BCUT2D eigenvalue weighted by atomic mass is 9.72. The SMILES string of the molecule is CCC(C)[C@H](CC(=O)CCc1cccc(C)c1)C(=O)N[C@]1(C(=O)C[C@H](C(N)=S)C(C)CC)CCc2[nH]c3c(C(F)(F)F)cccc3c2C1. The van der Waals surface area contributed by atoms with Gasteiger partial charge in [-0.2, -0.15) is 13.2 Å². The molecule has 2 unspecified atom stereocenters. The van der Waals surface area contributed by atoms with E-state index in [0.29, 0.717) is 35.9 Å². The highest BCUT2D eigenvalue weighted by Crippen LogP contribution is 2.41. The lowest BCUT2D eigenvalue weighted by Crippen LogP contribution is -2.60. The van der Waals surface area contributed by atoms with Crippen molar-refractivity contribution >= 4 is 45.6 Å². The number of halogens is 3. The normalized spacial score (nSPS) is 18.8. The van der Waals surface area contributed by atoms with E-state index in [0.717, 1.165) is 23.6 Å². The van der Waals surface area contributed by atoms with Gasteiger partial charge in [0.2, 0.25) is 5.91 Å². The Morgan fingerprint density at radius 2 is 1.69 bits per heavy atom. The molecular formula is C38H48F3N3O3S. The number of thiocarbonyl (C=S) groups is 1. The summed E-state index contributed by atoms with van der Waals surface area (Å²) in [6.45, 7) is 9.84. The number of hydrogen-bond donors (Lipinski definition) is 3. The molecule has 3 aromatic rings. The molecule has 0 saturated carbocycles. The van der Waals surface area contributed by atoms with Gasteiger partial charge < -0.3 is 16.0 Å². The molecule has 0 saturated heterocycles. The Bertz CT molecular complexity index is 1670. The molecule has 10 heteroatoms. The predicted octanol–water partition coefficient (Wildman–Crippen LogP) is 8.00. The number of Topliss-reactive ketones (excluding diaryl/α,β-unsaturated/α-hetero) is 2. The van der Waals surface area contributed by atoms with Crippen LogP contribution in [0.5, 0.6) is 0 Å². The first kappa shape index (κ1) is 37.3. The molecule has 48 heavy (non-hydrogen) atoms. The van der Waals surface area contributed by atoms with E-state index in [-0.39, 0.29) is 66.0 Å². The maximum Gasteiger partial charge on any atom is 0.418 e. The van der Waals surface area contributed by atoms with Crippen molar-refractivity contribution in [1.29, 1.82) is 0 Å². The molecule has 0 fully saturated rings. The van der Waals surface area contributed by atoms with Crippen molar-refractivity contribution in [2.45, 2.75) is 104 Å². The predicted molar refractivity (Wildman–Crippen MR) is 188 cm³/mol. The number of aryl methyl sites for hydroxylation is 3. The fourth-order valence-electron chi connectivity index (χ4n) is 7.05. The summed E-state index contributed by atoms with van der Waals surface area (Å²) in [6.07, 6.45) is -1.81. The van der Waals surface area contributed by atoms with Crippen molar-refractivity contribution in [3.05, 3.63) is 70.4 Å². The van der Waals surface area contributed by atoms with E-state index in [1.54, 1.807) is 6.07 Å². The molecule has 5 atom stereocenters. The van der Waals surface area contributed by atoms with E-state index in [4.69, 9.17) is 18.0 Å². The highest BCUT2D eigenvalue weighted by atomic mass is 32.1. The topological polar surface area (TPSA) is 105 Å². The summed E-state index contributed by atoms with van der Waals surface area (Å²) in [4.78, 5) is 45.2. The van der Waals surface area contributed by atoms with E-state index < -0.39 is 35.0 Å². The standard InChI is InChI=1S/C38H48F3N3O3S/c1-6-23(4)28(35(42)48)20-33(46)37(17-16-32-30(21-37)27-12-9-13-31(34(27)43-32)38(39,40)41)44-36(47)29(24(5)7-2)19-26(45)15-14-25-11-8-10-22(3)18-25/h8-13,18,23-24,28-29,43H,6-7,14-17,19-21H2,1-5H3,(H2,42,48)(H,44,47)/t23?,24?,28-,29-,37+/m0/s1. The minimum Gasteiger partial charge on any atom is -0.393 e. The maximum atomic E-state index is 14.5. The number of aromatic nitrogens is 1. The first-order valence-electron chi connectivity index (χ1n) is 17.0.